The Morgan fingerprint density at radius 1 is 0.938 bits per heavy atom. The van der Waals surface area contributed by atoms with Gasteiger partial charge in [-0.15, -0.1) is 0 Å². The number of anilines is 1. The standard InChI is InChI=1S/C23H30N2O6S/c1-28-18-13-21(29-2)19(22(14-18)30-3)8-11-32(26,27)16-17-12-20(23(31-4)24-15-17)25-9-6-5-7-10-25/h8,11-15H,5-7,9-10,16H2,1-4H3/b11-8+. The van der Waals surface area contributed by atoms with E-state index in [0.717, 1.165) is 31.6 Å². The first-order valence-electron chi connectivity index (χ1n) is 10.4. The molecule has 9 heteroatoms. The molecule has 0 aliphatic carbocycles. The maximum absolute atomic E-state index is 12.9. The highest BCUT2D eigenvalue weighted by Crippen LogP contribution is 2.35. The molecule has 1 aromatic heterocycles. The smallest absolute Gasteiger partial charge is 0.237 e. The third kappa shape index (κ3) is 5.64. The highest BCUT2D eigenvalue weighted by atomic mass is 32.2. The molecule has 1 aliphatic heterocycles. The van der Waals surface area contributed by atoms with E-state index in [1.807, 2.05) is 6.07 Å². The van der Waals surface area contributed by atoms with Gasteiger partial charge in [-0.1, -0.05) is 0 Å². The van der Waals surface area contributed by atoms with Gasteiger partial charge in [-0.25, -0.2) is 13.4 Å². The summed E-state index contributed by atoms with van der Waals surface area (Å²) in [6, 6.07) is 5.21. The van der Waals surface area contributed by atoms with Crippen molar-refractivity contribution in [2.75, 3.05) is 46.4 Å². The van der Waals surface area contributed by atoms with Crippen LogP contribution < -0.4 is 23.8 Å². The van der Waals surface area contributed by atoms with Crippen LogP contribution in [-0.4, -0.2) is 54.9 Å². The van der Waals surface area contributed by atoms with Crippen molar-refractivity contribution in [3.05, 3.63) is 40.9 Å². The number of nitrogens with zero attached hydrogens (tertiary/aromatic N) is 2. The van der Waals surface area contributed by atoms with Crippen LogP contribution in [0.3, 0.4) is 0 Å². The Morgan fingerprint density at radius 3 is 2.16 bits per heavy atom. The van der Waals surface area contributed by atoms with Crippen LogP contribution in [0.15, 0.2) is 29.8 Å². The van der Waals surface area contributed by atoms with Crippen molar-refractivity contribution in [3.8, 4) is 23.1 Å². The quantitative estimate of drug-likeness (QED) is 0.558. The van der Waals surface area contributed by atoms with Crippen molar-refractivity contribution in [1.29, 1.82) is 0 Å². The highest BCUT2D eigenvalue weighted by molar-refractivity contribution is 7.93. The molecule has 3 rings (SSSR count). The van der Waals surface area contributed by atoms with Crippen molar-refractivity contribution >= 4 is 21.6 Å². The number of ether oxygens (including phenoxy) is 4. The molecule has 0 unspecified atom stereocenters. The lowest BCUT2D eigenvalue weighted by Crippen LogP contribution is -2.30. The molecule has 2 heterocycles. The van der Waals surface area contributed by atoms with Crippen LogP contribution in [-0.2, 0) is 15.6 Å². The summed E-state index contributed by atoms with van der Waals surface area (Å²) < 4.78 is 47.2. The Balaban J connectivity index is 1.86. The second-order valence-corrected chi connectivity index (χ2v) is 9.36. The summed E-state index contributed by atoms with van der Waals surface area (Å²) in [5.41, 5.74) is 1.95. The summed E-state index contributed by atoms with van der Waals surface area (Å²) in [6.07, 6.45) is 6.42. The van der Waals surface area contributed by atoms with Gasteiger partial charge in [0, 0.05) is 36.8 Å². The predicted octanol–water partition coefficient (Wildman–Crippen LogP) is 3.69. The third-order valence-corrected chi connectivity index (χ3v) is 6.63. The first-order chi connectivity index (χ1) is 15.4. The average Bonchev–Trinajstić information content (AvgIpc) is 2.82. The summed E-state index contributed by atoms with van der Waals surface area (Å²) in [5, 5.41) is 1.17. The van der Waals surface area contributed by atoms with E-state index in [-0.39, 0.29) is 5.75 Å². The van der Waals surface area contributed by atoms with Gasteiger partial charge in [-0.05, 0) is 37.0 Å². The van der Waals surface area contributed by atoms with E-state index >= 15 is 0 Å². The maximum atomic E-state index is 12.9. The third-order valence-electron chi connectivity index (χ3n) is 5.34. The normalized spacial score (nSPS) is 14.4. The van der Waals surface area contributed by atoms with E-state index in [1.165, 1.54) is 39.2 Å². The first kappa shape index (κ1) is 23.7. The molecule has 174 valence electrons. The summed E-state index contributed by atoms with van der Waals surface area (Å²) in [5.74, 6) is 1.78. The zero-order valence-electron chi connectivity index (χ0n) is 19.0. The van der Waals surface area contributed by atoms with E-state index < -0.39 is 9.84 Å². The fourth-order valence-corrected chi connectivity index (χ4v) is 4.79. The average molecular weight is 463 g/mol. The first-order valence-corrected chi connectivity index (χ1v) is 12.1. The molecule has 8 nitrogen and oxygen atoms in total. The van der Waals surface area contributed by atoms with Crippen LogP contribution in [0, 0.1) is 0 Å². The molecule has 0 N–H and O–H groups in total. The van der Waals surface area contributed by atoms with Gasteiger partial charge in [0.05, 0.1) is 39.8 Å². The van der Waals surface area contributed by atoms with Gasteiger partial charge in [0.25, 0.3) is 0 Å². The zero-order chi connectivity index (χ0) is 23.1. The van der Waals surface area contributed by atoms with Gasteiger partial charge in [0.1, 0.15) is 22.9 Å². The Bertz CT molecular complexity index is 1040. The molecule has 2 aromatic rings. The number of benzene rings is 1. The van der Waals surface area contributed by atoms with Crippen molar-refractivity contribution in [2.24, 2.45) is 0 Å². The minimum Gasteiger partial charge on any atom is -0.496 e. The van der Waals surface area contributed by atoms with Crippen LogP contribution in [0.4, 0.5) is 5.69 Å². The molecule has 1 saturated heterocycles. The van der Waals surface area contributed by atoms with Crippen LogP contribution >= 0.6 is 0 Å². The number of sulfone groups is 1. The molecular formula is C23H30N2O6S. The van der Waals surface area contributed by atoms with E-state index in [4.69, 9.17) is 18.9 Å². The van der Waals surface area contributed by atoms with E-state index in [0.29, 0.717) is 34.3 Å². The fourth-order valence-electron chi connectivity index (χ4n) is 3.73. The lowest BCUT2D eigenvalue weighted by molar-refractivity contribution is 0.374. The summed E-state index contributed by atoms with van der Waals surface area (Å²) in [7, 11) is 2.53. The number of aromatic nitrogens is 1. The lowest BCUT2D eigenvalue weighted by atomic mass is 10.1. The number of hydrogen-bond donors (Lipinski definition) is 0. The van der Waals surface area contributed by atoms with Crippen LogP contribution in [0.2, 0.25) is 0 Å². The van der Waals surface area contributed by atoms with Crippen molar-refractivity contribution in [2.45, 2.75) is 25.0 Å². The molecule has 32 heavy (non-hydrogen) atoms. The van der Waals surface area contributed by atoms with Gasteiger partial charge in [-0.3, -0.25) is 0 Å². The molecule has 0 amide bonds. The Morgan fingerprint density at radius 2 is 1.59 bits per heavy atom. The summed E-state index contributed by atoms with van der Waals surface area (Å²) >= 11 is 0. The number of pyridine rings is 1. The van der Waals surface area contributed by atoms with Crippen LogP contribution in [0.25, 0.3) is 6.08 Å². The van der Waals surface area contributed by atoms with Crippen LogP contribution in [0.5, 0.6) is 23.1 Å². The topological polar surface area (TPSA) is 87.2 Å². The van der Waals surface area contributed by atoms with E-state index in [9.17, 15) is 8.42 Å². The molecule has 0 bridgehead atoms. The Hall–Kier alpha value is -2.94. The van der Waals surface area contributed by atoms with Gasteiger partial charge in [0.2, 0.25) is 5.88 Å². The molecule has 0 saturated carbocycles. The van der Waals surface area contributed by atoms with Gasteiger partial charge >= 0.3 is 0 Å². The summed E-state index contributed by atoms with van der Waals surface area (Å²) in [6.45, 7) is 1.82. The number of hydrogen-bond acceptors (Lipinski definition) is 8. The molecule has 0 spiro atoms. The fraction of sp³-hybridized carbons (Fsp3) is 0.435. The molecule has 1 aromatic carbocycles. The van der Waals surface area contributed by atoms with Crippen molar-refractivity contribution in [3.63, 3.8) is 0 Å². The van der Waals surface area contributed by atoms with Crippen LogP contribution in [0.1, 0.15) is 30.4 Å². The van der Waals surface area contributed by atoms with Gasteiger partial charge in [-0.2, -0.15) is 0 Å². The number of methoxy groups -OCH3 is 4. The maximum Gasteiger partial charge on any atom is 0.237 e. The predicted molar refractivity (Wildman–Crippen MR) is 125 cm³/mol. The van der Waals surface area contributed by atoms with E-state index in [2.05, 4.69) is 9.88 Å². The second kappa shape index (κ2) is 10.6. The minimum atomic E-state index is -3.59. The number of piperidine rings is 1. The molecule has 0 atom stereocenters. The highest BCUT2D eigenvalue weighted by Gasteiger charge is 2.19. The monoisotopic (exact) mass is 462 g/mol. The van der Waals surface area contributed by atoms with Gasteiger partial charge < -0.3 is 23.8 Å². The molecule has 1 fully saturated rings. The lowest BCUT2D eigenvalue weighted by Gasteiger charge is -2.29. The molecule has 1 aliphatic rings. The molecule has 0 radical (unpaired) electrons. The molecular weight excluding hydrogens is 432 g/mol. The SMILES string of the molecule is COc1cc(OC)c(/C=C/S(=O)(=O)Cc2cnc(OC)c(N3CCCCC3)c2)c(OC)c1. The number of rotatable bonds is 9. The van der Waals surface area contributed by atoms with Gasteiger partial charge in [0.15, 0.2) is 9.84 Å². The van der Waals surface area contributed by atoms with E-state index in [1.54, 1.807) is 25.4 Å². The zero-order valence-corrected chi connectivity index (χ0v) is 19.8. The second-order valence-electron chi connectivity index (χ2n) is 7.48. The largest absolute Gasteiger partial charge is 0.496 e. The van der Waals surface area contributed by atoms with Crippen molar-refractivity contribution in [1.82, 2.24) is 4.98 Å². The Labute approximate surface area is 189 Å². The van der Waals surface area contributed by atoms with Crippen molar-refractivity contribution < 1.29 is 27.4 Å². The Kier molecular flexibility index (Phi) is 7.84. The minimum absolute atomic E-state index is 0.178. The summed E-state index contributed by atoms with van der Waals surface area (Å²) in [4.78, 5) is 6.55.